The van der Waals surface area contributed by atoms with E-state index in [1.165, 1.54) is 82.3 Å². The van der Waals surface area contributed by atoms with E-state index < -0.39 is 0 Å². The summed E-state index contributed by atoms with van der Waals surface area (Å²) in [4.78, 5) is 10.8. The van der Waals surface area contributed by atoms with Crippen molar-refractivity contribution in [3.8, 4) is 39.6 Å². The van der Waals surface area contributed by atoms with Gasteiger partial charge in [-0.25, -0.2) is 9.97 Å². The van der Waals surface area contributed by atoms with E-state index in [1.54, 1.807) is 0 Å². The molecule has 0 unspecified atom stereocenters. The summed E-state index contributed by atoms with van der Waals surface area (Å²) in [7, 11) is 0. The normalized spacial score (nSPS) is 12.1. The number of hydrogen-bond donors (Lipinski definition) is 0. The maximum Gasteiger partial charge on any atom is 0.161 e. The van der Waals surface area contributed by atoms with Gasteiger partial charge < -0.3 is 4.57 Å². The molecule has 0 fully saturated rings. The summed E-state index contributed by atoms with van der Waals surface area (Å²) in [5.41, 5.74) is 8.65. The number of rotatable bonds is 4. The van der Waals surface area contributed by atoms with E-state index in [0.29, 0.717) is 0 Å². The highest BCUT2D eigenvalue weighted by molar-refractivity contribution is 7.27. The second kappa shape index (κ2) is 12.4. The minimum Gasteiger partial charge on any atom is -0.309 e. The number of hydrogen-bond acceptors (Lipinski definition) is 5. The molecule has 8 aromatic carbocycles. The third-order valence-corrected chi connectivity index (χ3v) is 15.2. The van der Waals surface area contributed by atoms with Crippen LogP contribution in [-0.2, 0) is 0 Å². The molecule has 13 aromatic rings. The maximum absolute atomic E-state index is 5.45. The van der Waals surface area contributed by atoms with Gasteiger partial charge in [0.15, 0.2) is 5.82 Å². The van der Waals surface area contributed by atoms with E-state index in [9.17, 15) is 0 Å². The molecule has 0 spiro atoms. The van der Waals surface area contributed by atoms with Crippen molar-refractivity contribution in [1.82, 2.24) is 14.5 Å². The quantitative estimate of drug-likeness (QED) is 0.178. The van der Waals surface area contributed by atoms with E-state index in [1.807, 2.05) is 34.0 Å². The van der Waals surface area contributed by atoms with Gasteiger partial charge in [-0.2, -0.15) is 0 Å². The van der Waals surface area contributed by atoms with Crippen molar-refractivity contribution in [3.63, 3.8) is 0 Å². The number of benzene rings is 8. The highest BCUT2D eigenvalue weighted by Crippen LogP contribution is 2.46. The molecule has 270 valence electrons. The van der Waals surface area contributed by atoms with Crippen LogP contribution in [0.25, 0.3) is 122 Å². The van der Waals surface area contributed by atoms with Crippen molar-refractivity contribution in [2.45, 2.75) is 0 Å². The van der Waals surface area contributed by atoms with Crippen LogP contribution in [-0.4, -0.2) is 14.5 Å². The van der Waals surface area contributed by atoms with E-state index in [4.69, 9.17) is 9.97 Å². The fourth-order valence-corrected chi connectivity index (χ4v) is 12.7. The van der Waals surface area contributed by atoms with Crippen molar-refractivity contribution in [1.29, 1.82) is 0 Å². The second-order valence-corrected chi connectivity index (χ2v) is 18.0. The Morgan fingerprint density at radius 3 is 1.84 bits per heavy atom. The van der Waals surface area contributed by atoms with Gasteiger partial charge in [0.1, 0.15) is 0 Å². The average Bonchev–Trinajstić information content (AvgIpc) is 4.05. The molecular weight excluding hydrogens is 763 g/mol. The first-order valence-electron chi connectivity index (χ1n) is 19.4. The van der Waals surface area contributed by atoms with Crippen LogP contribution in [0.4, 0.5) is 0 Å². The summed E-state index contributed by atoms with van der Waals surface area (Å²) in [6.07, 6.45) is 0. The number of para-hydroxylation sites is 1. The van der Waals surface area contributed by atoms with Crippen LogP contribution in [0.15, 0.2) is 176 Å². The van der Waals surface area contributed by atoms with Crippen LogP contribution >= 0.6 is 34.0 Å². The van der Waals surface area contributed by atoms with E-state index in [2.05, 4.69) is 180 Å². The smallest absolute Gasteiger partial charge is 0.161 e. The van der Waals surface area contributed by atoms with E-state index >= 15 is 0 Å². The molecule has 0 aliphatic heterocycles. The Bertz CT molecular complexity index is 3810. The first kappa shape index (κ1) is 32.4. The molecule has 58 heavy (non-hydrogen) atoms. The first-order valence-corrected chi connectivity index (χ1v) is 21.8. The molecule has 0 saturated carbocycles. The predicted octanol–water partition coefficient (Wildman–Crippen LogP) is 15.7. The number of aromatic nitrogens is 3. The van der Waals surface area contributed by atoms with E-state index in [-0.39, 0.29) is 0 Å². The van der Waals surface area contributed by atoms with Crippen molar-refractivity contribution < 1.29 is 0 Å². The molecule has 0 amide bonds. The molecule has 0 N–H and O–H groups in total. The summed E-state index contributed by atoms with van der Waals surface area (Å²) in [5, 5.41) is 10.2. The summed E-state index contributed by atoms with van der Waals surface area (Å²) in [5.74, 6) is 0.731. The highest BCUT2D eigenvalue weighted by Gasteiger charge is 2.21. The molecule has 5 aromatic heterocycles. The topological polar surface area (TPSA) is 30.7 Å². The van der Waals surface area contributed by atoms with Crippen LogP contribution in [0, 0.1) is 0 Å². The van der Waals surface area contributed by atoms with Gasteiger partial charge in [0, 0.05) is 93.7 Å². The van der Waals surface area contributed by atoms with E-state index in [0.717, 1.165) is 39.6 Å². The van der Waals surface area contributed by atoms with Crippen LogP contribution in [0.2, 0.25) is 0 Å². The Labute approximate surface area is 344 Å². The van der Waals surface area contributed by atoms with Crippen LogP contribution in [0.5, 0.6) is 0 Å². The van der Waals surface area contributed by atoms with Crippen molar-refractivity contribution in [2.75, 3.05) is 0 Å². The molecule has 0 aliphatic carbocycles. The van der Waals surface area contributed by atoms with Gasteiger partial charge in [0.05, 0.1) is 22.4 Å². The third-order valence-electron chi connectivity index (χ3n) is 11.6. The molecule has 3 nitrogen and oxygen atoms in total. The largest absolute Gasteiger partial charge is 0.309 e. The highest BCUT2D eigenvalue weighted by atomic mass is 32.1. The lowest BCUT2D eigenvalue weighted by molar-refractivity contribution is 1.19. The molecule has 0 bridgehead atoms. The van der Waals surface area contributed by atoms with Gasteiger partial charge in [0.2, 0.25) is 0 Å². The summed E-state index contributed by atoms with van der Waals surface area (Å²) >= 11 is 5.56. The predicted molar refractivity (Wildman–Crippen MR) is 251 cm³/mol. The number of nitrogens with zero attached hydrogens (tertiary/aromatic N) is 3. The second-order valence-electron chi connectivity index (χ2n) is 14.9. The Balaban J connectivity index is 1.06. The first-order chi connectivity index (χ1) is 28.7. The molecule has 13 rings (SSSR count). The summed E-state index contributed by atoms with van der Waals surface area (Å²) in [6, 6.07) is 63.8. The van der Waals surface area contributed by atoms with Gasteiger partial charge in [-0.15, -0.1) is 34.0 Å². The molecule has 0 aliphatic rings. The number of thiophene rings is 3. The maximum atomic E-state index is 5.45. The van der Waals surface area contributed by atoms with Gasteiger partial charge in [-0.1, -0.05) is 121 Å². The van der Waals surface area contributed by atoms with Gasteiger partial charge in [-0.3, -0.25) is 0 Å². The fraction of sp³-hybridized carbons (Fsp3) is 0. The lowest BCUT2D eigenvalue weighted by Gasteiger charge is -2.12. The van der Waals surface area contributed by atoms with Crippen LogP contribution < -0.4 is 0 Å². The SMILES string of the molecule is c1ccc(-c2cc(-c3cccc4c3sc3ccccc34)nc(-c3cccc4sc5ccc(-n6c7ccccc7c7c8sc9ccccc9c8ccc76)cc5c34)n2)cc1. The Kier molecular flexibility index (Phi) is 6.92. The molecule has 0 atom stereocenters. The Morgan fingerprint density at radius 1 is 0.362 bits per heavy atom. The summed E-state index contributed by atoms with van der Waals surface area (Å²) in [6.45, 7) is 0. The lowest BCUT2D eigenvalue weighted by atomic mass is 10.0. The minimum absolute atomic E-state index is 0.731. The minimum atomic E-state index is 0.731. The van der Waals surface area contributed by atoms with Crippen LogP contribution in [0.1, 0.15) is 0 Å². The monoisotopic (exact) mass is 791 g/mol. The molecule has 6 heteroatoms. The summed E-state index contributed by atoms with van der Waals surface area (Å²) < 4.78 is 10.1. The van der Waals surface area contributed by atoms with Crippen molar-refractivity contribution in [3.05, 3.63) is 176 Å². The standard InChI is InChI=1S/C52H29N3S3/c1-2-12-30(13-3-1)40-29-41(36-18-10-17-34-32-14-5-8-21-44(32)57-50(34)36)54-52(53-40)38-19-11-23-47-48(38)39-28-31(24-27-46(39)56-47)55-42-20-7-4-16-37(42)49-43(55)26-25-35-33-15-6-9-22-45(33)58-51(35)49/h1-29H. The van der Waals surface area contributed by atoms with Gasteiger partial charge in [0.25, 0.3) is 0 Å². The zero-order valence-electron chi connectivity index (χ0n) is 30.8. The molecule has 5 heterocycles. The van der Waals surface area contributed by atoms with Gasteiger partial charge in [-0.05, 0) is 54.6 Å². The fourth-order valence-electron chi connectivity index (χ4n) is 9.06. The molecular formula is C52H29N3S3. The lowest BCUT2D eigenvalue weighted by Crippen LogP contribution is -1.96. The zero-order valence-corrected chi connectivity index (χ0v) is 33.3. The third kappa shape index (κ3) is 4.71. The van der Waals surface area contributed by atoms with Gasteiger partial charge >= 0.3 is 0 Å². The Hall–Kier alpha value is -6.70. The Morgan fingerprint density at radius 2 is 1.00 bits per heavy atom. The van der Waals surface area contributed by atoms with Crippen LogP contribution in [0.3, 0.4) is 0 Å². The van der Waals surface area contributed by atoms with Crippen molar-refractivity contribution in [2.24, 2.45) is 0 Å². The zero-order chi connectivity index (χ0) is 37.9. The number of fused-ring (bicyclic) bond motifs is 13. The molecule has 0 saturated heterocycles. The van der Waals surface area contributed by atoms with Crippen molar-refractivity contribution >= 4 is 116 Å². The molecule has 0 radical (unpaired) electrons. The average molecular weight is 792 g/mol.